The van der Waals surface area contributed by atoms with Gasteiger partial charge in [-0.1, -0.05) is 0 Å². The van der Waals surface area contributed by atoms with Crippen LogP contribution in [0.15, 0.2) is 0 Å². The van der Waals surface area contributed by atoms with Crippen molar-refractivity contribution in [3.8, 4) is 0 Å². The number of ether oxygens (including phenoxy) is 2. The predicted octanol–water partition coefficient (Wildman–Crippen LogP) is 0.819. The third-order valence-electron chi connectivity index (χ3n) is 2.89. The summed E-state index contributed by atoms with van der Waals surface area (Å²) < 4.78 is 10.2. The van der Waals surface area contributed by atoms with Crippen molar-refractivity contribution in [2.45, 2.75) is 31.5 Å². The maximum atomic E-state index is 11.9. The SMILES string of the molecule is COC1(OC)CCCC(CC(=O)O)C1=O. The molecule has 1 aliphatic carbocycles. The Labute approximate surface area is 88.4 Å². The van der Waals surface area contributed by atoms with Crippen LogP contribution in [0.25, 0.3) is 0 Å². The number of hydrogen-bond donors (Lipinski definition) is 1. The second-order valence-electron chi connectivity index (χ2n) is 3.71. The molecular formula is C10H16O5. The minimum absolute atomic E-state index is 0.146. The summed E-state index contributed by atoms with van der Waals surface area (Å²) in [4.78, 5) is 22.5. The number of carbonyl (C=O) groups excluding carboxylic acids is 1. The zero-order chi connectivity index (χ0) is 11.5. The summed E-state index contributed by atoms with van der Waals surface area (Å²) in [6.07, 6.45) is 1.69. The van der Waals surface area contributed by atoms with Gasteiger partial charge in [-0.2, -0.15) is 0 Å². The molecule has 15 heavy (non-hydrogen) atoms. The molecule has 1 N–H and O–H groups in total. The van der Waals surface area contributed by atoms with E-state index in [1.54, 1.807) is 0 Å². The van der Waals surface area contributed by atoms with Crippen LogP contribution < -0.4 is 0 Å². The van der Waals surface area contributed by atoms with E-state index < -0.39 is 17.7 Å². The van der Waals surface area contributed by atoms with Gasteiger partial charge >= 0.3 is 5.97 Å². The van der Waals surface area contributed by atoms with Gasteiger partial charge in [-0.25, -0.2) is 0 Å². The number of carboxylic acid groups (broad SMARTS) is 1. The number of carbonyl (C=O) groups is 2. The highest BCUT2D eigenvalue weighted by atomic mass is 16.7. The highest BCUT2D eigenvalue weighted by molar-refractivity contribution is 5.91. The first kappa shape index (κ1) is 12.1. The fourth-order valence-corrected chi connectivity index (χ4v) is 2.04. The van der Waals surface area contributed by atoms with Crippen LogP contribution in [0.1, 0.15) is 25.7 Å². The van der Waals surface area contributed by atoms with Gasteiger partial charge < -0.3 is 14.6 Å². The van der Waals surface area contributed by atoms with Gasteiger partial charge in [0.25, 0.3) is 0 Å². The third kappa shape index (κ3) is 2.35. The first-order valence-corrected chi connectivity index (χ1v) is 4.92. The van der Waals surface area contributed by atoms with Crippen molar-refractivity contribution in [1.82, 2.24) is 0 Å². The molecule has 1 rings (SSSR count). The van der Waals surface area contributed by atoms with Gasteiger partial charge in [-0.05, 0) is 12.8 Å². The lowest BCUT2D eigenvalue weighted by molar-refractivity contribution is -0.220. The number of hydrogen-bond acceptors (Lipinski definition) is 4. The van der Waals surface area contributed by atoms with E-state index >= 15 is 0 Å². The zero-order valence-electron chi connectivity index (χ0n) is 8.99. The highest BCUT2D eigenvalue weighted by Crippen LogP contribution is 2.33. The van der Waals surface area contributed by atoms with Crippen LogP contribution in [0.3, 0.4) is 0 Å². The monoisotopic (exact) mass is 216 g/mol. The summed E-state index contributed by atoms with van der Waals surface area (Å²) in [7, 11) is 2.81. The van der Waals surface area contributed by atoms with E-state index in [1.165, 1.54) is 14.2 Å². The second kappa shape index (κ2) is 4.72. The van der Waals surface area contributed by atoms with Crippen LogP contribution in [0.2, 0.25) is 0 Å². The van der Waals surface area contributed by atoms with Crippen molar-refractivity contribution in [3.05, 3.63) is 0 Å². The van der Waals surface area contributed by atoms with Gasteiger partial charge in [0.2, 0.25) is 5.79 Å². The summed E-state index contributed by atoms with van der Waals surface area (Å²) in [6, 6.07) is 0. The van der Waals surface area contributed by atoms with Crippen molar-refractivity contribution < 1.29 is 24.2 Å². The number of Topliss-reactive ketones (excluding diaryl/α,β-unsaturated/α-hetero) is 1. The van der Waals surface area contributed by atoms with E-state index in [9.17, 15) is 9.59 Å². The summed E-state index contributed by atoms with van der Waals surface area (Å²) in [5.74, 6) is -2.92. The van der Waals surface area contributed by atoms with E-state index in [4.69, 9.17) is 14.6 Å². The van der Waals surface area contributed by atoms with Crippen molar-refractivity contribution in [2.75, 3.05) is 14.2 Å². The van der Waals surface area contributed by atoms with E-state index in [-0.39, 0.29) is 12.2 Å². The van der Waals surface area contributed by atoms with Crippen LogP contribution >= 0.6 is 0 Å². The lowest BCUT2D eigenvalue weighted by atomic mass is 9.81. The Kier molecular flexibility index (Phi) is 3.82. The number of ketones is 1. The molecule has 1 fully saturated rings. The van der Waals surface area contributed by atoms with E-state index in [0.717, 1.165) is 6.42 Å². The fourth-order valence-electron chi connectivity index (χ4n) is 2.04. The molecule has 0 aromatic heterocycles. The first-order chi connectivity index (χ1) is 7.05. The van der Waals surface area contributed by atoms with Crippen molar-refractivity contribution >= 4 is 11.8 Å². The van der Waals surface area contributed by atoms with Crippen LogP contribution in [-0.2, 0) is 19.1 Å². The Morgan fingerprint density at radius 2 is 2.13 bits per heavy atom. The van der Waals surface area contributed by atoms with Gasteiger partial charge in [0.1, 0.15) is 0 Å². The van der Waals surface area contributed by atoms with Gasteiger partial charge in [0.05, 0.1) is 6.42 Å². The first-order valence-electron chi connectivity index (χ1n) is 4.92. The lowest BCUT2D eigenvalue weighted by Gasteiger charge is -2.36. The fraction of sp³-hybridized carbons (Fsp3) is 0.800. The van der Waals surface area contributed by atoms with Crippen molar-refractivity contribution in [2.24, 2.45) is 5.92 Å². The molecule has 0 spiro atoms. The largest absolute Gasteiger partial charge is 0.481 e. The summed E-state index contributed by atoms with van der Waals surface area (Å²) >= 11 is 0. The molecule has 5 nitrogen and oxygen atoms in total. The quantitative estimate of drug-likeness (QED) is 0.704. The molecule has 0 aromatic rings. The molecule has 1 aliphatic rings. The maximum Gasteiger partial charge on any atom is 0.304 e. The smallest absolute Gasteiger partial charge is 0.304 e. The molecule has 0 saturated heterocycles. The summed E-state index contributed by atoms with van der Waals surface area (Å²) in [5, 5.41) is 8.67. The Morgan fingerprint density at radius 3 is 2.60 bits per heavy atom. The Morgan fingerprint density at radius 1 is 1.53 bits per heavy atom. The Balaban J connectivity index is 2.78. The Hall–Kier alpha value is -0.940. The maximum absolute atomic E-state index is 11.9. The van der Waals surface area contributed by atoms with Crippen LogP contribution in [0.5, 0.6) is 0 Å². The molecule has 0 heterocycles. The van der Waals surface area contributed by atoms with Crippen LogP contribution in [0, 0.1) is 5.92 Å². The average molecular weight is 216 g/mol. The molecule has 1 saturated carbocycles. The van der Waals surface area contributed by atoms with Crippen LogP contribution in [-0.4, -0.2) is 36.9 Å². The average Bonchev–Trinajstić information content (AvgIpc) is 2.21. The summed E-state index contributed by atoms with van der Waals surface area (Å²) in [5.41, 5.74) is 0. The van der Waals surface area contributed by atoms with E-state index in [2.05, 4.69) is 0 Å². The lowest BCUT2D eigenvalue weighted by Crippen LogP contribution is -2.49. The van der Waals surface area contributed by atoms with Crippen LogP contribution in [0.4, 0.5) is 0 Å². The number of methoxy groups -OCH3 is 2. The normalized spacial score (nSPS) is 25.2. The molecule has 0 aliphatic heterocycles. The minimum atomic E-state index is -1.22. The van der Waals surface area contributed by atoms with Gasteiger partial charge in [0.15, 0.2) is 5.78 Å². The molecule has 0 amide bonds. The zero-order valence-corrected chi connectivity index (χ0v) is 8.99. The molecule has 1 atom stereocenters. The molecule has 86 valence electrons. The van der Waals surface area contributed by atoms with Gasteiger partial charge in [-0.15, -0.1) is 0 Å². The molecular weight excluding hydrogens is 200 g/mol. The van der Waals surface area contributed by atoms with Crippen molar-refractivity contribution in [3.63, 3.8) is 0 Å². The Bertz CT molecular complexity index is 257. The van der Waals surface area contributed by atoms with Gasteiger partial charge in [0, 0.05) is 26.6 Å². The third-order valence-corrected chi connectivity index (χ3v) is 2.89. The molecule has 0 bridgehead atoms. The summed E-state index contributed by atoms with van der Waals surface area (Å²) in [6.45, 7) is 0. The molecule has 1 unspecified atom stereocenters. The number of aliphatic carboxylic acids is 1. The second-order valence-corrected chi connectivity index (χ2v) is 3.71. The molecule has 0 radical (unpaired) electrons. The highest BCUT2D eigenvalue weighted by Gasteiger charge is 2.46. The van der Waals surface area contributed by atoms with Crippen molar-refractivity contribution in [1.29, 1.82) is 0 Å². The minimum Gasteiger partial charge on any atom is -0.481 e. The predicted molar refractivity (Wildman–Crippen MR) is 51.3 cm³/mol. The number of carboxylic acids is 1. The number of rotatable bonds is 4. The van der Waals surface area contributed by atoms with E-state index in [1.807, 2.05) is 0 Å². The van der Waals surface area contributed by atoms with E-state index in [0.29, 0.717) is 12.8 Å². The molecule has 5 heteroatoms. The topological polar surface area (TPSA) is 72.8 Å². The molecule has 0 aromatic carbocycles. The standard InChI is InChI=1S/C10H16O5/c1-14-10(15-2)5-3-4-7(9(10)13)6-8(11)12/h7H,3-6H2,1-2H3,(H,11,12). The van der Waals surface area contributed by atoms with Gasteiger partial charge in [-0.3, -0.25) is 9.59 Å².